The summed E-state index contributed by atoms with van der Waals surface area (Å²) in [5.74, 6) is 5.79. The van der Waals surface area contributed by atoms with Crippen LogP contribution < -0.4 is 0 Å². The predicted molar refractivity (Wildman–Crippen MR) is 38.2 cm³/mol. The molecule has 0 spiro atoms. The monoisotopic (exact) mass is 127 g/mol. The van der Waals surface area contributed by atoms with Crippen molar-refractivity contribution >= 4 is 0 Å². The molecule has 0 fully saturated rings. The van der Waals surface area contributed by atoms with Crippen molar-refractivity contribution in [1.29, 1.82) is 0 Å². The quantitative estimate of drug-likeness (QED) is 0.491. The molecule has 0 aliphatic carbocycles. The van der Waals surface area contributed by atoms with E-state index in [2.05, 4.69) is 11.8 Å². The zero-order valence-electron chi connectivity index (χ0n) is 6.27. The number of rotatable bonds is 2. The Balaban J connectivity index is 3.16. The Morgan fingerprint density at radius 2 is 2.00 bits per heavy atom. The normalized spacial score (nSPS) is 8.89. The minimum absolute atomic E-state index is 0.536. The molecule has 0 bridgehead atoms. The van der Waals surface area contributed by atoms with E-state index in [9.17, 15) is 0 Å². The van der Waals surface area contributed by atoms with E-state index >= 15 is 0 Å². The van der Waals surface area contributed by atoms with E-state index in [0.29, 0.717) is 6.61 Å². The summed E-state index contributed by atoms with van der Waals surface area (Å²) in [7, 11) is 5.62. The molecule has 0 saturated heterocycles. The number of nitrogens with zero attached hydrogens (tertiary/aromatic N) is 1. The lowest BCUT2D eigenvalue weighted by Crippen LogP contribution is -2.10. The molecule has 2 heteroatoms. The van der Waals surface area contributed by atoms with Gasteiger partial charge in [0.05, 0.1) is 6.54 Å². The Bertz CT molecular complexity index is 110. The minimum atomic E-state index is 0.536. The Morgan fingerprint density at radius 3 is 2.44 bits per heavy atom. The maximum atomic E-state index is 4.73. The molecule has 0 heterocycles. The van der Waals surface area contributed by atoms with Gasteiger partial charge in [0.2, 0.25) is 0 Å². The maximum absolute atomic E-state index is 4.73. The fourth-order valence-corrected chi connectivity index (χ4v) is 0.337. The molecule has 0 aromatic rings. The number of hydrogen-bond donors (Lipinski definition) is 0. The van der Waals surface area contributed by atoms with E-state index in [1.165, 1.54) is 0 Å². The third-order valence-electron chi connectivity index (χ3n) is 0.737. The van der Waals surface area contributed by atoms with Crippen LogP contribution in [-0.2, 0) is 4.74 Å². The molecule has 0 saturated carbocycles. The molecule has 0 rings (SSSR count). The Kier molecular flexibility index (Phi) is 5.29. The van der Waals surface area contributed by atoms with Gasteiger partial charge in [0.15, 0.2) is 0 Å². The number of hydrogen-bond acceptors (Lipinski definition) is 2. The lowest BCUT2D eigenvalue weighted by molar-refractivity contribution is 0.239. The molecule has 0 aromatic carbocycles. The van der Waals surface area contributed by atoms with Gasteiger partial charge in [-0.3, -0.25) is 4.90 Å². The maximum Gasteiger partial charge on any atom is 0.107 e. The van der Waals surface area contributed by atoms with Crippen molar-refractivity contribution in [1.82, 2.24) is 4.90 Å². The molecule has 0 N–H and O–H groups in total. The summed E-state index contributed by atoms with van der Waals surface area (Å²) < 4.78 is 4.73. The van der Waals surface area contributed by atoms with Gasteiger partial charge in [-0.05, 0) is 14.1 Å². The molecule has 0 aliphatic heterocycles. The van der Waals surface area contributed by atoms with Gasteiger partial charge in [0.1, 0.15) is 6.61 Å². The molecule has 9 heavy (non-hydrogen) atoms. The first-order valence-corrected chi connectivity index (χ1v) is 2.86. The Morgan fingerprint density at radius 1 is 1.33 bits per heavy atom. The van der Waals surface area contributed by atoms with Crippen molar-refractivity contribution in [2.75, 3.05) is 34.4 Å². The molecule has 0 aliphatic rings. The molecular weight excluding hydrogens is 114 g/mol. The van der Waals surface area contributed by atoms with Crippen LogP contribution in [0.15, 0.2) is 0 Å². The Labute approximate surface area is 56.8 Å². The third-order valence-corrected chi connectivity index (χ3v) is 0.737. The van der Waals surface area contributed by atoms with Gasteiger partial charge in [-0.15, -0.1) is 0 Å². The summed E-state index contributed by atoms with van der Waals surface area (Å²) in [6.45, 7) is 1.34. The summed E-state index contributed by atoms with van der Waals surface area (Å²) in [5.41, 5.74) is 0. The van der Waals surface area contributed by atoms with E-state index in [4.69, 9.17) is 4.74 Å². The summed E-state index contributed by atoms with van der Waals surface area (Å²) >= 11 is 0. The van der Waals surface area contributed by atoms with Crippen molar-refractivity contribution in [2.24, 2.45) is 0 Å². The van der Waals surface area contributed by atoms with E-state index in [-0.39, 0.29) is 0 Å². The van der Waals surface area contributed by atoms with Crippen LogP contribution in [0, 0.1) is 11.8 Å². The highest BCUT2D eigenvalue weighted by Gasteiger charge is 1.78. The fourth-order valence-electron chi connectivity index (χ4n) is 0.337. The van der Waals surface area contributed by atoms with Crippen molar-refractivity contribution in [3.63, 3.8) is 0 Å². The minimum Gasteiger partial charge on any atom is -0.372 e. The Hall–Kier alpha value is -0.520. The third kappa shape index (κ3) is 7.48. The first kappa shape index (κ1) is 8.48. The van der Waals surface area contributed by atoms with Crippen LogP contribution in [0.1, 0.15) is 0 Å². The van der Waals surface area contributed by atoms with Crippen LogP contribution in [0.25, 0.3) is 0 Å². The molecule has 2 nitrogen and oxygen atoms in total. The molecule has 0 unspecified atom stereocenters. The van der Waals surface area contributed by atoms with E-state index in [1.807, 2.05) is 19.0 Å². The SMILES string of the molecule is COCC#CCN(C)C. The highest BCUT2D eigenvalue weighted by atomic mass is 16.5. The van der Waals surface area contributed by atoms with Crippen molar-refractivity contribution in [2.45, 2.75) is 0 Å². The second kappa shape index (κ2) is 5.61. The van der Waals surface area contributed by atoms with Crippen LogP contribution in [0.3, 0.4) is 0 Å². The van der Waals surface area contributed by atoms with Crippen LogP contribution in [0.5, 0.6) is 0 Å². The van der Waals surface area contributed by atoms with Gasteiger partial charge in [0.25, 0.3) is 0 Å². The molecule has 0 radical (unpaired) electrons. The lowest BCUT2D eigenvalue weighted by atomic mass is 10.5. The lowest BCUT2D eigenvalue weighted by Gasteiger charge is -2.00. The zero-order chi connectivity index (χ0) is 7.11. The molecule has 0 atom stereocenters. The van der Waals surface area contributed by atoms with E-state index in [1.54, 1.807) is 7.11 Å². The van der Waals surface area contributed by atoms with Gasteiger partial charge in [-0.2, -0.15) is 0 Å². The van der Waals surface area contributed by atoms with E-state index < -0.39 is 0 Å². The topological polar surface area (TPSA) is 12.5 Å². The number of methoxy groups -OCH3 is 1. The second-order valence-electron chi connectivity index (χ2n) is 2.02. The first-order valence-electron chi connectivity index (χ1n) is 2.86. The predicted octanol–water partition coefficient (Wildman–Crippen LogP) is 0.198. The van der Waals surface area contributed by atoms with Crippen molar-refractivity contribution in [3.8, 4) is 11.8 Å². The summed E-state index contributed by atoms with van der Waals surface area (Å²) in [6.07, 6.45) is 0. The largest absolute Gasteiger partial charge is 0.372 e. The highest BCUT2D eigenvalue weighted by Crippen LogP contribution is 1.68. The molecule has 52 valence electrons. The fraction of sp³-hybridized carbons (Fsp3) is 0.714. The second-order valence-corrected chi connectivity index (χ2v) is 2.02. The number of ether oxygens (including phenoxy) is 1. The van der Waals surface area contributed by atoms with Crippen LogP contribution >= 0.6 is 0 Å². The van der Waals surface area contributed by atoms with Gasteiger partial charge < -0.3 is 4.74 Å². The smallest absolute Gasteiger partial charge is 0.107 e. The zero-order valence-corrected chi connectivity index (χ0v) is 6.27. The molecule has 0 aromatic heterocycles. The van der Waals surface area contributed by atoms with Gasteiger partial charge >= 0.3 is 0 Å². The molecule has 0 amide bonds. The van der Waals surface area contributed by atoms with Crippen LogP contribution in [-0.4, -0.2) is 39.3 Å². The average molecular weight is 127 g/mol. The molecular formula is C7H13NO. The van der Waals surface area contributed by atoms with Crippen molar-refractivity contribution < 1.29 is 4.74 Å². The first-order chi connectivity index (χ1) is 4.27. The van der Waals surface area contributed by atoms with Crippen LogP contribution in [0.2, 0.25) is 0 Å². The summed E-state index contributed by atoms with van der Waals surface area (Å²) in [5, 5.41) is 0. The summed E-state index contributed by atoms with van der Waals surface area (Å²) in [4.78, 5) is 2.02. The van der Waals surface area contributed by atoms with Crippen molar-refractivity contribution in [3.05, 3.63) is 0 Å². The van der Waals surface area contributed by atoms with E-state index in [0.717, 1.165) is 6.54 Å². The van der Waals surface area contributed by atoms with Gasteiger partial charge in [0, 0.05) is 7.11 Å². The summed E-state index contributed by atoms with van der Waals surface area (Å²) in [6, 6.07) is 0. The average Bonchev–Trinajstić information content (AvgIpc) is 1.80. The van der Waals surface area contributed by atoms with Gasteiger partial charge in [-0.25, -0.2) is 0 Å². The standard InChI is InChI=1S/C7H13NO/c1-8(2)6-4-5-7-9-3/h6-7H2,1-3H3. The van der Waals surface area contributed by atoms with Crippen LogP contribution in [0.4, 0.5) is 0 Å². The highest BCUT2D eigenvalue weighted by molar-refractivity contribution is 5.00. The van der Waals surface area contributed by atoms with Gasteiger partial charge in [-0.1, -0.05) is 11.8 Å².